The van der Waals surface area contributed by atoms with Gasteiger partial charge in [-0.3, -0.25) is 4.79 Å². The van der Waals surface area contributed by atoms with Crippen LogP contribution in [0, 0.1) is 0 Å². The number of hydrogen-bond donors (Lipinski definition) is 1. The van der Waals surface area contributed by atoms with Gasteiger partial charge >= 0.3 is 0 Å². The van der Waals surface area contributed by atoms with E-state index < -0.39 is 0 Å². The fourth-order valence-corrected chi connectivity index (χ4v) is 2.21. The molecule has 0 unspecified atom stereocenters. The zero-order chi connectivity index (χ0) is 12.8. The maximum atomic E-state index is 11.9. The van der Waals surface area contributed by atoms with E-state index in [9.17, 15) is 4.79 Å². The van der Waals surface area contributed by atoms with Crippen molar-refractivity contribution in [2.45, 2.75) is 45.2 Å². The molecule has 1 saturated heterocycles. The van der Waals surface area contributed by atoms with Crippen LogP contribution >= 0.6 is 0 Å². The number of aryl methyl sites for hydroxylation is 1. The summed E-state index contributed by atoms with van der Waals surface area (Å²) in [6.07, 6.45) is 7.41. The number of imidazole rings is 1. The molecule has 1 N–H and O–H groups in total. The summed E-state index contributed by atoms with van der Waals surface area (Å²) in [5.74, 6) is 1.05. The van der Waals surface area contributed by atoms with Crippen LogP contribution in [0.4, 0.5) is 0 Å². The van der Waals surface area contributed by atoms with E-state index in [1.165, 1.54) is 0 Å². The Morgan fingerprint density at radius 1 is 1.56 bits per heavy atom. The topological polar surface area (TPSA) is 56.2 Å². The second-order valence-electron chi connectivity index (χ2n) is 4.68. The first-order valence-electron chi connectivity index (χ1n) is 6.66. The molecular weight excluding hydrogens is 230 g/mol. The van der Waals surface area contributed by atoms with E-state index in [0.29, 0.717) is 6.54 Å². The van der Waals surface area contributed by atoms with Gasteiger partial charge in [-0.05, 0) is 19.3 Å². The quantitative estimate of drug-likeness (QED) is 0.853. The summed E-state index contributed by atoms with van der Waals surface area (Å²) < 4.78 is 7.20. The monoisotopic (exact) mass is 251 g/mol. The zero-order valence-electron chi connectivity index (χ0n) is 10.9. The lowest BCUT2D eigenvalue weighted by atomic mass is 10.1. The van der Waals surface area contributed by atoms with Crippen LogP contribution in [0.25, 0.3) is 0 Å². The standard InChI is InChI=1S/C13H21N3O2/c1-2-3-12-14-6-7-16(12)10-13(17)15-11-4-8-18-9-5-11/h6-7,11H,2-5,8-10H2,1H3,(H,15,17). The van der Waals surface area contributed by atoms with Crippen molar-refractivity contribution < 1.29 is 9.53 Å². The van der Waals surface area contributed by atoms with Crippen LogP contribution in [0.5, 0.6) is 0 Å². The summed E-state index contributed by atoms with van der Waals surface area (Å²) in [5, 5.41) is 3.06. The second-order valence-corrected chi connectivity index (χ2v) is 4.68. The lowest BCUT2D eigenvalue weighted by Crippen LogP contribution is -2.40. The minimum atomic E-state index is 0.0669. The number of carbonyl (C=O) groups excluding carboxylic acids is 1. The Morgan fingerprint density at radius 3 is 3.06 bits per heavy atom. The van der Waals surface area contributed by atoms with Gasteiger partial charge < -0.3 is 14.6 Å². The van der Waals surface area contributed by atoms with Crippen LogP contribution in [0.2, 0.25) is 0 Å². The third kappa shape index (κ3) is 3.57. The summed E-state index contributed by atoms with van der Waals surface area (Å²) in [6.45, 7) is 3.97. The number of nitrogens with zero attached hydrogens (tertiary/aromatic N) is 2. The van der Waals surface area contributed by atoms with Gasteiger partial charge in [-0.15, -0.1) is 0 Å². The Kier molecular flexibility index (Phi) is 4.75. The summed E-state index contributed by atoms with van der Waals surface area (Å²) in [7, 11) is 0. The summed E-state index contributed by atoms with van der Waals surface area (Å²) in [6, 6.07) is 0.268. The molecule has 100 valence electrons. The minimum Gasteiger partial charge on any atom is -0.381 e. The van der Waals surface area contributed by atoms with Crippen LogP contribution in [-0.4, -0.2) is 34.7 Å². The third-order valence-electron chi connectivity index (χ3n) is 3.18. The highest BCUT2D eigenvalue weighted by atomic mass is 16.5. The SMILES string of the molecule is CCCc1nccn1CC(=O)NC1CCOCC1. The van der Waals surface area contributed by atoms with Gasteiger partial charge in [0.2, 0.25) is 5.91 Å². The van der Waals surface area contributed by atoms with Crippen LogP contribution < -0.4 is 5.32 Å². The number of nitrogens with one attached hydrogen (secondary N) is 1. The van der Waals surface area contributed by atoms with Crippen molar-refractivity contribution in [2.75, 3.05) is 13.2 Å². The largest absolute Gasteiger partial charge is 0.381 e. The lowest BCUT2D eigenvalue weighted by Gasteiger charge is -2.23. The fourth-order valence-electron chi connectivity index (χ4n) is 2.21. The predicted octanol–water partition coefficient (Wildman–Crippen LogP) is 1.13. The van der Waals surface area contributed by atoms with Crippen LogP contribution in [0.15, 0.2) is 12.4 Å². The van der Waals surface area contributed by atoms with E-state index in [-0.39, 0.29) is 11.9 Å². The molecule has 0 saturated carbocycles. The minimum absolute atomic E-state index is 0.0669. The van der Waals surface area contributed by atoms with E-state index >= 15 is 0 Å². The van der Waals surface area contributed by atoms with Gasteiger partial charge in [0.05, 0.1) is 0 Å². The van der Waals surface area contributed by atoms with Crippen molar-refractivity contribution in [3.05, 3.63) is 18.2 Å². The molecule has 1 aliphatic rings. The summed E-state index contributed by atoms with van der Waals surface area (Å²) in [5.41, 5.74) is 0. The van der Waals surface area contributed by atoms with E-state index in [1.807, 2.05) is 10.8 Å². The number of amides is 1. The van der Waals surface area contributed by atoms with Gasteiger partial charge in [0, 0.05) is 38.1 Å². The average Bonchev–Trinajstić information content (AvgIpc) is 2.78. The predicted molar refractivity (Wildman–Crippen MR) is 68.2 cm³/mol. The third-order valence-corrected chi connectivity index (χ3v) is 3.18. The summed E-state index contributed by atoms with van der Waals surface area (Å²) in [4.78, 5) is 16.2. The zero-order valence-corrected chi connectivity index (χ0v) is 10.9. The highest BCUT2D eigenvalue weighted by Crippen LogP contribution is 2.06. The Hall–Kier alpha value is -1.36. The molecule has 1 aromatic rings. The Labute approximate surface area is 108 Å². The fraction of sp³-hybridized carbons (Fsp3) is 0.692. The van der Waals surface area contributed by atoms with Crippen LogP contribution in [0.3, 0.4) is 0 Å². The molecule has 1 aliphatic heterocycles. The molecule has 0 atom stereocenters. The van der Waals surface area contributed by atoms with E-state index in [0.717, 1.165) is 44.7 Å². The van der Waals surface area contributed by atoms with E-state index in [1.54, 1.807) is 6.20 Å². The lowest BCUT2D eigenvalue weighted by molar-refractivity contribution is -0.123. The molecule has 1 aromatic heterocycles. The molecule has 5 heteroatoms. The maximum absolute atomic E-state index is 11.9. The van der Waals surface area contributed by atoms with Gasteiger partial charge in [0.1, 0.15) is 12.4 Å². The first kappa shape index (κ1) is 13.1. The average molecular weight is 251 g/mol. The Balaban J connectivity index is 1.84. The normalized spacial score (nSPS) is 16.7. The molecule has 18 heavy (non-hydrogen) atoms. The smallest absolute Gasteiger partial charge is 0.240 e. The molecule has 0 bridgehead atoms. The van der Waals surface area contributed by atoms with E-state index in [2.05, 4.69) is 17.2 Å². The van der Waals surface area contributed by atoms with Gasteiger partial charge in [-0.25, -0.2) is 4.98 Å². The number of carbonyl (C=O) groups is 1. The summed E-state index contributed by atoms with van der Waals surface area (Å²) >= 11 is 0. The van der Waals surface area contributed by atoms with Crippen molar-refractivity contribution in [3.8, 4) is 0 Å². The molecule has 2 rings (SSSR count). The first-order valence-corrected chi connectivity index (χ1v) is 6.66. The molecule has 0 aromatic carbocycles. The van der Waals surface area contributed by atoms with Gasteiger partial charge in [-0.2, -0.15) is 0 Å². The molecule has 2 heterocycles. The number of ether oxygens (including phenoxy) is 1. The number of rotatable bonds is 5. The van der Waals surface area contributed by atoms with Crippen molar-refractivity contribution in [2.24, 2.45) is 0 Å². The molecule has 5 nitrogen and oxygen atoms in total. The number of aromatic nitrogens is 2. The van der Waals surface area contributed by atoms with Crippen molar-refractivity contribution in [3.63, 3.8) is 0 Å². The van der Waals surface area contributed by atoms with Gasteiger partial charge in [0.15, 0.2) is 0 Å². The van der Waals surface area contributed by atoms with Crippen molar-refractivity contribution in [1.82, 2.24) is 14.9 Å². The Bertz CT molecular complexity index is 383. The maximum Gasteiger partial charge on any atom is 0.240 e. The van der Waals surface area contributed by atoms with Crippen molar-refractivity contribution >= 4 is 5.91 Å². The second kappa shape index (κ2) is 6.54. The molecule has 0 spiro atoms. The highest BCUT2D eigenvalue weighted by Gasteiger charge is 2.16. The van der Waals surface area contributed by atoms with Crippen molar-refractivity contribution in [1.29, 1.82) is 0 Å². The van der Waals surface area contributed by atoms with Gasteiger partial charge in [0.25, 0.3) is 0 Å². The number of hydrogen-bond acceptors (Lipinski definition) is 3. The molecular formula is C13H21N3O2. The molecule has 0 aliphatic carbocycles. The molecule has 1 amide bonds. The van der Waals surface area contributed by atoms with Gasteiger partial charge in [-0.1, -0.05) is 6.92 Å². The molecule has 1 fully saturated rings. The van der Waals surface area contributed by atoms with E-state index in [4.69, 9.17) is 4.74 Å². The first-order chi connectivity index (χ1) is 8.79. The van der Waals surface area contributed by atoms with Crippen LogP contribution in [-0.2, 0) is 22.5 Å². The Morgan fingerprint density at radius 2 is 2.33 bits per heavy atom. The molecule has 0 radical (unpaired) electrons. The van der Waals surface area contributed by atoms with Crippen LogP contribution in [0.1, 0.15) is 32.0 Å². The highest BCUT2D eigenvalue weighted by molar-refractivity contribution is 5.76.